The first-order valence-corrected chi connectivity index (χ1v) is 9.88. The zero-order chi connectivity index (χ0) is 19.8. The van der Waals surface area contributed by atoms with Crippen molar-refractivity contribution >= 4 is 17.6 Å². The highest BCUT2D eigenvalue weighted by molar-refractivity contribution is 6.09. The SMILES string of the molecule is CC(C)(C)NC(=O)[C@@H]1[C@@H]2[C@@H](c3ccccc3)[C@H]3C=C[C@@H]2[C@]2(C=CC(=O)N12)C3=O. The monoisotopic (exact) mass is 376 g/mol. The van der Waals surface area contributed by atoms with E-state index in [2.05, 4.69) is 11.4 Å². The molecule has 0 radical (unpaired) electrons. The summed E-state index contributed by atoms with van der Waals surface area (Å²) in [6.07, 6.45) is 7.27. The van der Waals surface area contributed by atoms with Gasteiger partial charge in [0.25, 0.3) is 0 Å². The third kappa shape index (κ3) is 2.05. The maximum atomic E-state index is 13.6. The molecule has 5 aliphatic rings. The van der Waals surface area contributed by atoms with Gasteiger partial charge in [-0.1, -0.05) is 42.5 Å². The first kappa shape index (κ1) is 17.4. The normalized spacial score (nSPS) is 37.5. The third-order valence-corrected chi connectivity index (χ3v) is 6.66. The standard InChI is InChI=1S/C23H24N2O3/c1-22(2,3)24-21(28)19-18-15-10-9-14(17(18)13-7-5-4-6-8-13)20(27)23(15)12-11-16(26)25(19)23/h4-12,14-15,17-19H,1-3H3,(H,24,28)/t14-,15+,17+,18+,19+,23-/m1/s1. The topological polar surface area (TPSA) is 66.5 Å². The van der Waals surface area contributed by atoms with Gasteiger partial charge in [-0.25, -0.2) is 0 Å². The molecule has 4 bridgehead atoms. The number of hydrogen-bond donors (Lipinski definition) is 1. The minimum atomic E-state index is -0.994. The zero-order valence-corrected chi connectivity index (χ0v) is 16.3. The first-order chi connectivity index (χ1) is 13.3. The number of nitrogens with one attached hydrogen (secondary N) is 1. The Labute approximate surface area is 164 Å². The smallest absolute Gasteiger partial charge is 0.248 e. The average Bonchev–Trinajstić information content (AvgIpc) is 3.10. The maximum Gasteiger partial charge on any atom is 0.248 e. The van der Waals surface area contributed by atoms with Crippen LogP contribution in [0.2, 0.25) is 0 Å². The van der Waals surface area contributed by atoms with Crippen LogP contribution in [0.4, 0.5) is 0 Å². The van der Waals surface area contributed by atoms with Crippen LogP contribution < -0.4 is 5.32 Å². The molecule has 1 aromatic carbocycles. The lowest BCUT2D eigenvalue weighted by Gasteiger charge is -2.47. The molecule has 28 heavy (non-hydrogen) atoms. The molecule has 1 saturated carbocycles. The van der Waals surface area contributed by atoms with E-state index in [0.29, 0.717) is 0 Å². The number of nitrogens with zero attached hydrogens (tertiary/aromatic N) is 1. The second kappa shape index (κ2) is 5.43. The van der Waals surface area contributed by atoms with Gasteiger partial charge in [-0.2, -0.15) is 0 Å². The molecule has 144 valence electrons. The molecule has 6 atom stereocenters. The lowest BCUT2D eigenvalue weighted by atomic mass is 9.54. The molecule has 2 amide bonds. The highest BCUT2D eigenvalue weighted by Crippen LogP contribution is 2.62. The van der Waals surface area contributed by atoms with Crippen molar-refractivity contribution in [2.24, 2.45) is 17.8 Å². The van der Waals surface area contributed by atoms with E-state index in [-0.39, 0.29) is 41.3 Å². The predicted molar refractivity (Wildman–Crippen MR) is 104 cm³/mol. The number of carbonyl (C=O) groups excluding carboxylic acids is 3. The summed E-state index contributed by atoms with van der Waals surface area (Å²) in [5, 5.41) is 3.05. The van der Waals surface area contributed by atoms with Crippen molar-refractivity contribution in [3.05, 3.63) is 60.2 Å². The summed E-state index contributed by atoms with van der Waals surface area (Å²) in [7, 11) is 0. The van der Waals surface area contributed by atoms with Crippen molar-refractivity contribution < 1.29 is 14.4 Å². The summed E-state index contributed by atoms with van der Waals surface area (Å²) in [6.45, 7) is 5.78. The summed E-state index contributed by atoms with van der Waals surface area (Å²) in [5.41, 5.74) is -0.355. The number of hydrogen-bond acceptors (Lipinski definition) is 3. The van der Waals surface area contributed by atoms with Crippen LogP contribution in [0.25, 0.3) is 0 Å². The number of rotatable bonds is 2. The number of ketones is 1. The Bertz CT molecular complexity index is 942. The molecule has 0 unspecified atom stereocenters. The third-order valence-electron chi connectivity index (χ3n) is 6.66. The molecule has 5 heteroatoms. The van der Waals surface area contributed by atoms with Gasteiger partial charge in [-0.3, -0.25) is 14.4 Å². The molecular weight excluding hydrogens is 352 g/mol. The van der Waals surface area contributed by atoms with Crippen LogP contribution in [0.15, 0.2) is 54.6 Å². The molecule has 1 saturated heterocycles. The summed E-state index contributed by atoms with van der Waals surface area (Å²) in [4.78, 5) is 41.4. The first-order valence-electron chi connectivity index (χ1n) is 9.88. The zero-order valence-electron chi connectivity index (χ0n) is 16.3. The van der Waals surface area contributed by atoms with Crippen molar-refractivity contribution in [1.82, 2.24) is 10.2 Å². The average molecular weight is 376 g/mol. The summed E-state index contributed by atoms with van der Waals surface area (Å²) < 4.78 is 0. The summed E-state index contributed by atoms with van der Waals surface area (Å²) in [5.74, 6) is -1.08. The fourth-order valence-corrected chi connectivity index (χ4v) is 5.86. The largest absolute Gasteiger partial charge is 0.350 e. The van der Waals surface area contributed by atoms with Gasteiger partial charge in [-0.15, -0.1) is 0 Å². The van der Waals surface area contributed by atoms with E-state index in [1.54, 1.807) is 11.0 Å². The highest BCUT2D eigenvalue weighted by Gasteiger charge is 2.73. The lowest BCUT2D eigenvalue weighted by molar-refractivity contribution is -0.144. The molecule has 0 aromatic heterocycles. The number of Topliss-reactive ketones (excluding diaryl/α,β-unsaturated/α-hetero) is 1. The van der Waals surface area contributed by atoms with E-state index in [4.69, 9.17) is 0 Å². The van der Waals surface area contributed by atoms with E-state index in [1.165, 1.54) is 6.08 Å². The van der Waals surface area contributed by atoms with Crippen molar-refractivity contribution in [1.29, 1.82) is 0 Å². The fraction of sp³-hybridized carbons (Fsp3) is 0.435. The van der Waals surface area contributed by atoms with Crippen molar-refractivity contribution in [3.8, 4) is 0 Å². The molecule has 5 nitrogen and oxygen atoms in total. The van der Waals surface area contributed by atoms with E-state index < -0.39 is 17.1 Å². The molecule has 1 spiro atoms. The van der Waals surface area contributed by atoms with Gasteiger partial charge >= 0.3 is 0 Å². The Morgan fingerprint density at radius 1 is 1.11 bits per heavy atom. The van der Waals surface area contributed by atoms with Gasteiger partial charge in [0.15, 0.2) is 5.78 Å². The van der Waals surface area contributed by atoms with Gasteiger partial charge in [0, 0.05) is 35.3 Å². The van der Waals surface area contributed by atoms with Crippen LogP contribution in [-0.2, 0) is 14.4 Å². The Balaban J connectivity index is 1.68. The number of amides is 2. The van der Waals surface area contributed by atoms with E-state index in [1.807, 2.05) is 57.2 Å². The van der Waals surface area contributed by atoms with Crippen LogP contribution in [0.1, 0.15) is 32.3 Å². The van der Waals surface area contributed by atoms with Crippen LogP contribution in [0.5, 0.6) is 0 Å². The number of allylic oxidation sites excluding steroid dienone is 1. The Hall–Kier alpha value is -2.69. The van der Waals surface area contributed by atoms with Gasteiger partial charge in [0.05, 0.1) is 0 Å². The molecule has 1 aromatic rings. The van der Waals surface area contributed by atoms with E-state index in [0.717, 1.165) is 5.56 Å². The molecule has 2 aliphatic heterocycles. The van der Waals surface area contributed by atoms with Crippen LogP contribution in [0.3, 0.4) is 0 Å². The van der Waals surface area contributed by atoms with Crippen molar-refractivity contribution in [2.45, 2.75) is 43.8 Å². The Kier molecular flexibility index (Phi) is 3.38. The fourth-order valence-electron chi connectivity index (χ4n) is 5.86. The second-order valence-electron chi connectivity index (χ2n) is 9.37. The Morgan fingerprint density at radius 2 is 1.82 bits per heavy atom. The minimum absolute atomic E-state index is 0.0401. The van der Waals surface area contributed by atoms with Gasteiger partial charge in [0.1, 0.15) is 11.6 Å². The summed E-state index contributed by atoms with van der Waals surface area (Å²) in [6, 6.07) is 9.28. The number of benzene rings is 1. The number of carbonyl (C=O) groups is 3. The molecule has 2 heterocycles. The van der Waals surface area contributed by atoms with Gasteiger partial charge < -0.3 is 10.2 Å². The van der Waals surface area contributed by atoms with Crippen molar-refractivity contribution in [3.63, 3.8) is 0 Å². The summed E-state index contributed by atoms with van der Waals surface area (Å²) >= 11 is 0. The van der Waals surface area contributed by atoms with Gasteiger partial charge in [-0.05, 0) is 32.4 Å². The molecule has 3 aliphatic carbocycles. The molecule has 6 rings (SSSR count). The Morgan fingerprint density at radius 3 is 2.50 bits per heavy atom. The van der Waals surface area contributed by atoms with Crippen LogP contribution >= 0.6 is 0 Å². The maximum absolute atomic E-state index is 13.6. The highest BCUT2D eigenvalue weighted by atomic mass is 16.2. The minimum Gasteiger partial charge on any atom is -0.350 e. The molecule has 2 fully saturated rings. The van der Waals surface area contributed by atoms with Crippen LogP contribution in [0, 0.1) is 17.8 Å². The van der Waals surface area contributed by atoms with E-state index in [9.17, 15) is 14.4 Å². The van der Waals surface area contributed by atoms with Crippen molar-refractivity contribution in [2.75, 3.05) is 0 Å². The second-order valence-corrected chi connectivity index (χ2v) is 9.37. The molecular formula is C23H24N2O3. The molecule has 1 N–H and O–H groups in total. The lowest BCUT2D eigenvalue weighted by Crippen LogP contribution is -2.59. The predicted octanol–water partition coefficient (Wildman–Crippen LogP) is 2.21. The quantitative estimate of drug-likeness (QED) is 0.805. The van der Waals surface area contributed by atoms with Gasteiger partial charge in [0.2, 0.25) is 11.8 Å². The van der Waals surface area contributed by atoms with Crippen LogP contribution in [-0.4, -0.2) is 39.6 Å². The van der Waals surface area contributed by atoms with E-state index >= 15 is 0 Å².